The highest BCUT2D eigenvalue weighted by molar-refractivity contribution is 5.82. The largest absolute Gasteiger partial charge is 0.361 e. The molecule has 8 heteroatoms. The van der Waals surface area contributed by atoms with E-state index in [9.17, 15) is 5.26 Å². The van der Waals surface area contributed by atoms with E-state index in [0.717, 1.165) is 28.1 Å². The Labute approximate surface area is 159 Å². The summed E-state index contributed by atoms with van der Waals surface area (Å²) in [6, 6.07) is 17.7. The van der Waals surface area contributed by atoms with Gasteiger partial charge in [-0.2, -0.15) is 5.26 Å². The molecule has 3 heterocycles. The molecule has 0 spiro atoms. The summed E-state index contributed by atoms with van der Waals surface area (Å²) in [5.41, 5.74) is 4.64. The SMILES string of the molecule is N#Cc1ccc2nc(CNc3ncnc4nc[nH]c34)n(-c3ccccc3)c2c1. The third-order valence-corrected chi connectivity index (χ3v) is 4.50. The predicted octanol–water partition coefficient (Wildman–Crippen LogP) is 3.18. The molecule has 0 aliphatic rings. The summed E-state index contributed by atoms with van der Waals surface area (Å²) in [6.07, 6.45) is 3.07. The summed E-state index contributed by atoms with van der Waals surface area (Å²) in [7, 11) is 0. The lowest BCUT2D eigenvalue weighted by Crippen LogP contribution is -2.09. The van der Waals surface area contributed by atoms with Gasteiger partial charge in [0.1, 0.15) is 17.7 Å². The van der Waals surface area contributed by atoms with Gasteiger partial charge in [0.05, 0.1) is 35.5 Å². The Balaban J connectivity index is 1.60. The quantitative estimate of drug-likeness (QED) is 0.506. The molecule has 134 valence electrons. The molecule has 0 unspecified atom stereocenters. The lowest BCUT2D eigenvalue weighted by molar-refractivity contribution is 0.911. The summed E-state index contributed by atoms with van der Waals surface area (Å²) in [5, 5.41) is 12.6. The minimum absolute atomic E-state index is 0.441. The smallest absolute Gasteiger partial charge is 0.182 e. The number of H-pyrrole nitrogens is 1. The molecule has 0 radical (unpaired) electrons. The van der Waals surface area contributed by atoms with Gasteiger partial charge in [0.25, 0.3) is 0 Å². The van der Waals surface area contributed by atoms with Gasteiger partial charge in [0, 0.05) is 5.69 Å². The van der Waals surface area contributed by atoms with Crippen LogP contribution in [0.4, 0.5) is 5.82 Å². The Bertz CT molecular complexity index is 1330. The molecular formula is C20H14N8. The second kappa shape index (κ2) is 6.48. The molecule has 8 nitrogen and oxygen atoms in total. The van der Waals surface area contributed by atoms with E-state index in [1.165, 1.54) is 6.33 Å². The van der Waals surface area contributed by atoms with Crippen LogP contribution < -0.4 is 5.32 Å². The maximum Gasteiger partial charge on any atom is 0.182 e. The van der Waals surface area contributed by atoms with E-state index in [2.05, 4.69) is 35.9 Å². The molecule has 2 N–H and O–H groups in total. The number of benzene rings is 2. The van der Waals surface area contributed by atoms with Crippen LogP contribution in [0.15, 0.2) is 61.2 Å². The molecule has 5 aromatic rings. The summed E-state index contributed by atoms with van der Waals surface area (Å²) in [5.74, 6) is 1.47. The summed E-state index contributed by atoms with van der Waals surface area (Å²) in [4.78, 5) is 20.4. The van der Waals surface area contributed by atoms with E-state index in [1.54, 1.807) is 12.4 Å². The normalized spacial score (nSPS) is 11.0. The van der Waals surface area contributed by atoms with Gasteiger partial charge < -0.3 is 10.3 Å². The van der Waals surface area contributed by atoms with E-state index in [1.807, 2.05) is 42.5 Å². The number of para-hydroxylation sites is 1. The highest BCUT2D eigenvalue weighted by atomic mass is 15.1. The minimum Gasteiger partial charge on any atom is -0.361 e. The van der Waals surface area contributed by atoms with Crippen LogP contribution >= 0.6 is 0 Å². The first-order valence-corrected chi connectivity index (χ1v) is 8.68. The molecule has 0 bridgehead atoms. The van der Waals surface area contributed by atoms with Crippen molar-refractivity contribution in [3.8, 4) is 11.8 Å². The number of fused-ring (bicyclic) bond motifs is 2. The number of imidazole rings is 2. The van der Waals surface area contributed by atoms with Crippen molar-refractivity contribution in [2.45, 2.75) is 6.54 Å². The van der Waals surface area contributed by atoms with Gasteiger partial charge in [0.2, 0.25) is 0 Å². The van der Waals surface area contributed by atoms with E-state index in [-0.39, 0.29) is 0 Å². The number of aromatic amines is 1. The number of hydrogen-bond acceptors (Lipinski definition) is 6. The molecule has 0 aliphatic heterocycles. The second-order valence-corrected chi connectivity index (χ2v) is 6.19. The van der Waals surface area contributed by atoms with E-state index in [0.29, 0.717) is 23.6 Å². The Morgan fingerprint density at radius 2 is 1.96 bits per heavy atom. The molecule has 3 aromatic heterocycles. The lowest BCUT2D eigenvalue weighted by atomic mass is 10.2. The molecule has 0 saturated carbocycles. The number of anilines is 1. The fourth-order valence-corrected chi connectivity index (χ4v) is 3.24. The number of nitrogens with zero attached hydrogens (tertiary/aromatic N) is 6. The van der Waals surface area contributed by atoms with Crippen LogP contribution in [0.3, 0.4) is 0 Å². The maximum absolute atomic E-state index is 9.28. The van der Waals surface area contributed by atoms with E-state index >= 15 is 0 Å². The third kappa shape index (κ3) is 2.62. The Morgan fingerprint density at radius 3 is 2.82 bits per heavy atom. The number of rotatable bonds is 4. The van der Waals surface area contributed by atoms with Gasteiger partial charge >= 0.3 is 0 Å². The average molecular weight is 366 g/mol. The van der Waals surface area contributed by atoms with Gasteiger partial charge in [0.15, 0.2) is 11.5 Å². The molecule has 0 atom stereocenters. The zero-order valence-electron chi connectivity index (χ0n) is 14.7. The molecule has 28 heavy (non-hydrogen) atoms. The molecule has 0 amide bonds. The molecule has 0 fully saturated rings. The topological polar surface area (TPSA) is 108 Å². The van der Waals surface area contributed by atoms with Crippen molar-refractivity contribution in [1.82, 2.24) is 29.5 Å². The molecule has 0 aliphatic carbocycles. The van der Waals surface area contributed by atoms with Crippen LogP contribution in [0.5, 0.6) is 0 Å². The van der Waals surface area contributed by atoms with Crippen molar-refractivity contribution >= 4 is 28.0 Å². The molecule has 2 aromatic carbocycles. The highest BCUT2D eigenvalue weighted by Gasteiger charge is 2.14. The lowest BCUT2D eigenvalue weighted by Gasteiger charge is -2.11. The van der Waals surface area contributed by atoms with Crippen molar-refractivity contribution in [2.75, 3.05) is 5.32 Å². The van der Waals surface area contributed by atoms with Gasteiger partial charge in [-0.3, -0.25) is 4.57 Å². The molecule has 5 rings (SSSR count). The second-order valence-electron chi connectivity index (χ2n) is 6.19. The molecular weight excluding hydrogens is 352 g/mol. The molecule has 0 saturated heterocycles. The minimum atomic E-state index is 0.441. The first-order valence-electron chi connectivity index (χ1n) is 8.68. The number of hydrogen-bond donors (Lipinski definition) is 2. The highest BCUT2D eigenvalue weighted by Crippen LogP contribution is 2.24. The van der Waals surface area contributed by atoms with Crippen molar-refractivity contribution in [3.05, 3.63) is 72.6 Å². The Morgan fingerprint density at radius 1 is 1.07 bits per heavy atom. The first-order chi connectivity index (χ1) is 13.8. The van der Waals surface area contributed by atoms with Gasteiger partial charge in [-0.05, 0) is 30.3 Å². The van der Waals surface area contributed by atoms with Crippen molar-refractivity contribution in [1.29, 1.82) is 5.26 Å². The van der Waals surface area contributed by atoms with Crippen LogP contribution in [0.1, 0.15) is 11.4 Å². The van der Waals surface area contributed by atoms with Gasteiger partial charge in [-0.15, -0.1) is 0 Å². The maximum atomic E-state index is 9.28. The number of aromatic nitrogens is 6. The number of nitrogens with one attached hydrogen (secondary N) is 2. The average Bonchev–Trinajstić information content (AvgIpc) is 3.36. The fraction of sp³-hybridized carbons (Fsp3) is 0.0500. The van der Waals surface area contributed by atoms with Crippen LogP contribution in [-0.2, 0) is 6.54 Å². The summed E-state index contributed by atoms with van der Waals surface area (Å²) >= 11 is 0. The van der Waals surface area contributed by atoms with Crippen LogP contribution in [-0.4, -0.2) is 29.5 Å². The monoisotopic (exact) mass is 366 g/mol. The fourth-order valence-electron chi connectivity index (χ4n) is 3.24. The third-order valence-electron chi connectivity index (χ3n) is 4.50. The van der Waals surface area contributed by atoms with E-state index < -0.39 is 0 Å². The first kappa shape index (κ1) is 16.0. The van der Waals surface area contributed by atoms with E-state index in [4.69, 9.17) is 4.98 Å². The standard InChI is InChI=1S/C20H14N8/c21-9-13-6-7-15-16(8-13)28(14-4-2-1-3-5-14)17(27-15)10-22-19-18-20(24-11-23-18)26-12-25-19/h1-8,11-12H,10H2,(H2,22,23,24,25,26). The van der Waals surface area contributed by atoms with Crippen molar-refractivity contribution in [2.24, 2.45) is 0 Å². The van der Waals surface area contributed by atoms with Gasteiger partial charge in [-0.1, -0.05) is 18.2 Å². The summed E-state index contributed by atoms with van der Waals surface area (Å²) in [6.45, 7) is 0.441. The predicted molar refractivity (Wildman–Crippen MR) is 105 cm³/mol. The Kier molecular flexibility index (Phi) is 3.69. The van der Waals surface area contributed by atoms with Crippen LogP contribution in [0.25, 0.3) is 27.9 Å². The van der Waals surface area contributed by atoms with Crippen LogP contribution in [0, 0.1) is 11.3 Å². The van der Waals surface area contributed by atoms with Gasteiger partial charge in [-0.25, -0.2) is 19.9 Å². The van der Waals surface area contributed by atoms with Crippen LogP contribution in [0.2, 0.25) is 0 Å². The van der Waals surface area contributed by atoms with Crippen molar-refractivity contribution in [3.63, 3.8) is 0 Å². The Hall–Kier alpha value is -4.25. The zero-order chi connectivity index (χ0) is 18.9. The zero-order valence-corrected chi connectivity index (χ0v) is 14.7. The number of nitriles is 1. The van der Waals surface area contributed by atoms with Crippen molar-refractivity contribution < 1.29 is 0 Å². The summed E-state index contributed by atoms with van der Waals surface area (Å²) < 4.78 is 2.05.